The van der Waals surface area contributed by atoms with Gasteiger partial charge in [-0.3, -0.25) is 0 Å². The summed E-state index contributed by atoms with van der Waals surface area (Å²) in [5.74, 6) is 0.921. The van der Waals surface area contributed by atoms with Crippen molar-refractivity contribution in [2.24, 2.45) is 0 Å². The Bertz CT molecular complexity index is 418. The van der Waals surface area contributed by atoms with E-state index in [1.165, 1.54) is 0 Å². The van der Waals surface area contributed by atoms with E-state index in [1.807, 2.05) is 25.1 Å². The summed E-state index contributed by atoms with van der Waals surface area (Å²) in [6.07, 6.45) is -0.580. The first kappa shape index (κ1) is 14.8. The van der Waals surface area contributed by atoms with Gasteiger partial charge in [0, 0.05) is 18.6 Å². The molecule has 0 amide bonds. The fourth-order valence-electron chi connectivity index (χ4n) is 1.55. The number of thioether (sulfide) groups is 1. The summed E-state index contributed by atoms with van der Waals surface area (Å²) in [5.41, 5.74) is 1.39. The second kappa shape index (κ2) is 7.98. The predicted molar refractivity (Wildman–Crippen MR) is 73.9 cm³/mol. The van der Waals surface area contributed by atoms with Crippen molar-refractivity contribution in [3.63, 3.8) is 0 Å². The molecule has 0 spiro atoms. The average Bonchev–Trinajstić information content (AvgIpc) is 2.37. The molecule has 0 fully saturated rings. The van der Waals surface area contributed by atoms with Crippen LogP contribution in [-0.4, -0.2) is 37.2 Å². The van der Waals surface area contributed by atoms with E-state index >= 15 is 0 Å². The van der Waals surface area contributed by atoms with Gasteiger partial charge in [0.25, 0.3) is 0 Å². The van der Waals surface area contributed by atoms with E-state index in [0.29, 0.717) is 12.1 Å². The number of aliphatic hydroxyl groups is 1. The Labute approximate surface area is 112 Å². The first-order valence-corrected chi connectivity index (χ1v) is 6.78. The lowest BCUT2D eigenvalue weighted by molar-refractivity contribution is 0.0727. The molecule has 98 valence electrons. The second-order valence-electron chi connectivity index (χ2n) is 3.71. The number of hydrogen-bond acceptors (Lipinski definition) is 5. The lowest BCUT2D eigenvalue weighted by atomic mass is 10.2. The van der Waals surface area contributed by atoms with Gasteiger partial charge in [-0.15, -0.1) is 11.8 Å². The van der Waals surface area contributed by atoms with Crippen LogP contribution < -0.4 is 5.32 Å². The number of ether oxygens (including phenoxy) is 1. The molecular formula is C13H18N2O2S. The Morgan fingerprint density at radius 2 is 2.33 bits per heavy atom. The van der Waals surface area contributed by atoms with Gasteiger partial charge in [-0.05, 0) is 17.9 Å². The van der Waals surface area contributed by atoms with Gasteiger partial charge in [0.1, 0.15) is 6.07 Å². The molecule has 1 unspecified atom stereocenters. The number of hydrogen-bond donors (Lipinski definition) is 2. The quantitative estimate of drug-likeness (QED) is 0.740. The molecule has 0 bridgehead atoms. The predicted octanol–water partition coefficient (Wildman–Crippen LogP) is 2.09. The van der Waals surface area contributed by atoms with E-state index < -0.39 is 6.10 Å². The highest BCUT2D eigenvalue weighted by molar-refractivity contribution is 7.99. The molecule has 0 aliphatic carbocycles. The van der Waals surface area contributed by atoms with Gasteiger partial charge in [-0.2, -0.15) is 5.26 Å². The zero-order valence-electron chi connectivity index (χ0n) is 10.6. The Morgan fingerprint density at radius 1 is 1.56 bits per heavy atom. The van der Waals surface area contributed by atoms with Crippen LogP contribution in [0.25, 0.3) is 0 Å². The van der Waals surface area contributed by atoms with Crippen molar-refractivity contribution in [2.75, 3.05) is 31.3 Å². The number of aliphatic hydroxyl groups excluding tert-OH is 1. The molecule has 2 N–H and O–H groups in total. The maximum absolute atomic E-state index is 9.57. The van der Waals surface area contributed by atoms with Crippen LogP contribution in [0.15, 0.2) is 23.1 Å². The SMILES string of the molecule is CCSc1cccc(NCC(O)COC)c1C#N. The molecule has 1 aromatic carbocycles. The highest BCUT2D eigenvalue weighted by Crippen LogP contribution is 2.27. The summed E-state index contributed by atoms with van der Waals surface area (Å²) < 4.78 is 4.85. The molecule has 0 aromatic heterocycles. The third-order valence-electron chi connectivity index (χ3n) is 2.33. The van der Waals surface area contributed by atoms with Crippen LogP contribution in [0.3, 0.4) is 0 Å². The molecular weight excluding hydrogens is 248 g/mol. The van der Waals surface area contributed by atoms with E-state index in [0.717, 1.165) is 16.3 Å². The minimum Gasteiger partial charge on any atom is -0.389 e. The maximum atomic E-state index is 9.57. The van der Waals surface area contributed by atoms with Gasteiger partial charge in [0.05, 0.1) is 24.0 Å². The normalized spacial score (nSPS) is 11.9. The third-order valence-corrected chi connectivity index (χ3v) is 3.26. The van der Waals surface area contributed by atoms with Crippen LogP contribution >= 0.6 is 11.8 Å². The second-order valence-corrected chi connectivity index (χ2v) is 5.02. The Morgan fingerprint density at radius 3 is 2.94 bits per heavy atom. The molecule has 5 heteroatoms. The molecule has 18 heavy (non-hydrogen) atoms. The molecule has 0 heterocycles. The topological polar surface area (TPSA) is 65.3 Å². The fourth-order valence-corrected chi connectivity index (χ4v) is 2.33. The summed E-state index contributed by atoms with van der Waals surface area (Å²) in [5, 5.41) is 21.9. The highest BCUT2D eigenvalue weighted by Gasteiger charge is 2.09. The first-order chi connectivity index (χ1) is 8.72. The van der Waals surface area contributed by atoms with Crippen molar-refractivity contribution in [1.29, 1.82) is 5.26 Å². The van der Waals surface area contributed by atoms with Gasteiger partial charge >= 0.3 is 0 Å². The number of nitrogens with one attached hydrogen (secondary N) is 1. The number of benzene rings is 1. The van der Waals surface area contributed by atoms with Gasteiger partial charge in [0.2, 0.25) is 0 Å². The molecule has 1 aromatic rings. The van der Waals surface area contributed by atoms with E-state index in [4.69, 9.17) is 4.74 Å². The maximum Gasteiger partial charge on any atom is 0.102 e. The number of nitrogens with zero attached hydrogens (tertiary/aromatic N) is 1. The smallest absolute Gasteiger partial charge is 0.102 e. The number of nitriles is 1. The summed E-state index contributed by atoms with van der Waals surface area (Å²) >= 11 is 1.64. The number of rotatable bonds is 7. The minimum absolute atomic E-state index is 0.276. The summed E-state index contributed by atoms with van der Waals surface area (Å²) in [7, 11) is 1.54. The minimum atomic E-state index is -0.580. The molecule has 0 saturated heterocycles. The average molecular weight is 266 g/mol. The Hall–Kier alpha value is -1.22. The molecule has 1 atom stereocenters. The molecule has 0 aliphatic heterocycles. The Kier molecular flexibility index (Phi) is 6.58. The number of methoxy groups -OCH3 is 1. The van der Waals surface area contributed by atoms with E-state index in [9.17, 15) is 10.4 Å². The van der Waals surface area contributed by atoms with E-state index in [2.05, 4.69) is 11.4 Å². The van der Waals surface area contributed by atoms with Crippen molar-refractivity contribution in [3.05, 3.63) is 23.8 Å². The van der Waals surface area contributed by atoms with Crippen LogP contribution in [0, 0.1) is 11.3 Å². The third kappa shape index (κ3) is 4.22. The van der Waals surface area contributed by atoms with Crippen molar-refractivity contribution in [1.82, 2.24) is 0 Å². The van der Waals surface area contributed by atoms with Gasteiger partial charge < -0.3 is 15.2 Å². The van der Waals surface area contributed by atoms with E-state index in [-0.39, 0.29) is 6.61 Å². The van der Waals surface area contributed by atoms with Gasteiger partial charge in [-0.1, -0.05) is 13.0 Å². The summed E-state index contributed by atoms with van der Waals surface area (Å²) in [6.45, 7) is 2.69. The Balaban J connectivity index is 2.76. The lowest BCUT2D eigenvalue weighted by Gasteiger charge is -2.14. The van der Waals surface area contributed by atoms with Crippen LogP contribution in [0.2, 0.25) is 0 Å². The molecule has 1 rings (SSSR count). The lowest BCUT2D eigenvalue weighted by Crippen LogP contribution is -2.24. The highest BCUT2D eigenvalue weighted by atomic mass is 32.2. The van der Waals surface area contributed by atoms with Crippen LogP contribution in [0.1, 0.15) is 12.5 Å². The summed E-state index contributed by atoms with van der Waals surface area (Å²) in [6, 6.07) is 7.89. The van der Waals surface area contributed by atoms with E-state index in [1.54, 1.807) is 18.9 Å². The molecule has 0 saturated carbocycles. The van der Waals surface area contributed by atoms with Crippen LogP contribution in [-0.2, 0) is 4.74 Å². The van der Waals surface area contributed by atoms with Crippen molar-refractivity contribution in [3.8, 4) is 6.07 Å². The van der Waals surface area contributed by atoms with Crippen molar-refractivity contribution in [2.45, 2.75) is 17.9 Å². The molecule has 0 radical (unpaired) electrons. The van der Waals surface area contributed by atoms with Crippen molar-refractivity contribution < 1.29 is 9.84 Å². The first-order valence-electron chi connectivity index (χ1n) is 5.79. The van der Waals surface area contributed by atoms with Crippen molar-refractivity contribution >= 4 is 17.4 Å². The van der Waals surface area contributed by atoms with Gasteiger partial charge in [0.15, 0.2) is 0 Å². The zero-order chi connectivity index (χ0) is 13.4. The summed E-state index contributed by atoms with van der Waals surface area (Å²) in [4.78, 5) is 0.964. The number of anilines is 1. The fraction of sp³-hybridized carbons (Fsp3) is 0.462. The molecule has 4 nitrogen and oxygen atoms in total. The van der Waals surface area contributed by atoms with Crippen LogP contribution in [0.5, 0.6) is 0 Å². The standard InChI is InChI=1S/C13H18N2O2S/c1-3-18-13-6-4-5-12(11(13)7-14)15-8-10(16)9-17-2/h4-6,10,15-16H,3,8-9H2,1-2H3. The monoisotopic (exact) mass is 266 g/mol. The molecule has 0 aliphatic rings. The van der Waals surface area contributed by atoms with Gasteiger partial charge in [-0.25, -0.2) is 0 Å². The largest absolute Gasteiger partial charge is 0.389 e. The zero-order valence-corrected chi connectivity index (χ0v) is 11.5. The van der Waals surface area contributed by atoms with Crippen LogP contribution in [0.4, 0.5) is 5.69 Å².